The van der Waals surface area contributed by atoms with Gasteiger partial charge in [-0.1, -0.05) is 29.4 Å². The fourth-order valence-electron chi connectivity index (χ4n) is 1.99. The number of imidazole rings is 1. The number of aromatic nitrogens is 6. The van der Waals surface area contributed by atoms with Crippen LogP contribution in [-0.4, -0.2) is 34.7 Å². The molecule has 0 fully saturated rings. The molecular weight excluding hydrogens is 262 g/mol. The number of rotatable bonds is 3. The van der Waals surface area contributed by atoms with Gasteiger partial charge >= 0.3 is 0 Å². The van der Waals surface area contributed by atoms with Crippen molar-refractivity contribution in [1.82, 2.24) is 29.8 Å². The van der Waals surface area contributed by atoms with Crippen molar-refractivity contribution in [3.05, 3.63) is 30.1 Å². The van der Waals surface area contributed by atoms with Gasteiger partial charge in [0.15, 0.2) is 0 Å². The summed E-state index contributed by atoms with van der Waals surface area (Å²) in [6.07, 6.45) is 0.400. The Bertz CT molecular complexity index is 757. The van der Waals surface area contributed by atoms with Crippen LogP contribution in [0.4, 0.5) is 0 Å². The molecule has 0 saturated heterocycles. The third-order valence-corrected chi connectivity index (χ3v) is 2.90. The molecule has 8 heteroatoms. The minimum Gasteiger partial charge on any atom is -0.393 e. The lowest BCUT2D eigenvalue weighted by molar-refractivity contribution is 0.689. The molecule has 19 heavy (non-hydrogen) atoms. The second-order valence-corrected chi connectivity index (χ2v) is 4.62. The van der Waals surface area contributed by atoms with E-state index in [1.54, 1.807) is 11.7 Å². The van der Waals surface area contributed by atoms with Crippen LogP contribution in [-0.2, 0) is 13.5 Å². The number of benzene rings is 1. The first-order valence-corrected chi connectivity index (χ1v) is 6.05. The molecule has 0 saturated carbocycles. The van der Waals surface area contributed by atoms with E-state index in [-0.39, 0.29) is 0 Å². The fourth-order valence-corrected chi connectivity index (χ4v) is 2.12. The van der Waals surface area contributed by atoms with E-state index in [2.05, 4.69) is 20.5 Å². The van der Waals surface area contributed by atoms with Gasteiger partial charge in [0.05, 0.1) is 22.4 Å². The van der Waals surface area contributed by atoms with Crippen molar-refractivity contribution in [2.24, 2.45) is 12.8 Å². The standard InChI is InChI=1S/C11H11N7S/c1-17-11(14-15-16-17)18-8-5-3-2-4-7(8)13-10(18)6-9(12)19/h2-5H,6H2,1H3,(H2,12,19). The molecule has 1 aromatic carbocycles. The van der Waals surface area contributed by atoms with Crippen LogP contribution >= 0.6 is 12.2 Å². The third-order valence-electron chi connectivity index (χ3n) is 2.76. The van der Waals surface area contributed by atoms with E-state index in [1.807, 2.05) is 28.8 Å². The molecule has 0 bridgehead atoms. The smallest absolute Gasteiger partial charge is 0.255 e. The zero-order valence-corrected chi connectivity index (χ0v) is 11.0. The van der Waals surface area contributed by atoms with Gasteiger partial charge in [0, 0.05) is 7.05 Å². The molecule has 0 unspecified atom stereocenters. The predicted octanol–water partition coefficient (Wildman–Crippen LogP) is 0.378. The normalized spacial score (nSPS) is 11.0. The van der Waals surface area contributed by atoms with Gasteiger partial charge in [-0.3, -0.25) is 4.57 Å². The highest BCUT2D eigenvalue weighted by molar-refractivity contribution is 7.80. The van der Waals surface area contributed by atoms with Gasteiger partial charge in [-0.05, 0) is 22.6 Å². The molecule has 7 nitrogen and oxygen atoms in total. The molecular formula is C11H11N7S. The highest BCUT2D eigenvalue weighted by atomic mass is 32.1. The maximum atomic E-state index is 5.63. The molecule has 0 atom stereocenters. The second kappa shape index (κ2) is 4.39. The molecule has 2 heterocycles. The monoisotopic (exact) mass is 273 g/mol. The predicted molar refractivity (Wildman–Crippen MR) is 73.9 cm³/mol. The summed E-state index contributed by atoms with van der Waals surface area (Å²) >= 11 is 4.97. The Labute approximate surface area is 114 Å². The molecule has 0 aliphatic carbocycles. The fraction of sp³-hybridized carbons (Fsp3) is 0.182. The number of tetrazole rings is 1. The number of aryl methyl sites for hydroxylation is 1. The maximum absolute atomic E-state index is 5.63. The number of fused-ring (bicyclic) bond motifs is 1. The lowest BCUT2D eigenvalue weighted by atomic mass is 10.3. The molecule has 2 aromatic heterocycles. The van der Waals surface area contributed by atoms with Crippen LogP contribution in [0.15, 0.2) is 24.3 Å². The average Bonchev–Trinajstić information content (AvgIpc) is 2.91. The van der Waals surface area contributed by atoms with Crippen LogP contribution in [0.2, 0.25) is 0 Å². The van der Waals surface area contributed by atoms with Gasteiger partial charge in [-0.15, -0.1) is 0 Å². The Morgan fingerprint density at radius 2 is 2.16 bits per heavy atom. The zero-order valence-electron chi connectivity index (χ0n) is 10.2. The quantitative estimate of drug-likeness (QED) is 0.694. The minimum atomic E-state index is 0.381. The molecule has 3 rings (SSSR count). The van der Waals surface area contributed by atoms with Crippen LogP contribution in [0.5, 0.6) is 0 Å². The maximum Gasteiger partial charge on any atom is 0.255 e. The molecule has 3 aromatic rings. The molecule has 0 aliphatic rings. The van der Waals surface area contributed by atoms with E-state index in [4.69, 9.17) is 18.0 Å². The van der Waals surface area contributed by atoms with Crippen molar-refractivity contribution in [1.29, 1.82) is 0 Å². The third kappa shape index (κ3) is 1.95. The molecule has 96 valence electrons. The lowest BCUT2D eigenvalue weighted by Crippen LogP contribution is -2.16. The van der Waals surface area contributed by atoms with Crippen LogP contribution in [0.3, 0.4) is 0 Å². The topological polar surface area (TPSA) is 87.4 Å². The number of nitrogens with two attached hydrogens (primary N) is 1. The number of nitrogens with zero attached hydrogens (tertiary/aromatic N) is 6. The number of hydrogen-bond donors (Lipinski definition) is 1. The van der Waals surface area contributed by atoms with E-state index in [1.165, 1.54) is 0 Å². The van der Waals surface area contributed by atoms with Crippen molar-refractivity contribution in [3.63, 3.8) is 0 Å². The first-order chi connectivity index (χ1) is 9.16. The largest absolute Gasteiger partial charge is 0.393 e. The lowest BCUT2D eigenvalue weighted by Gasteiger charge is -2.05. The first-order valence-electron chi connectivity index (χ1n) is 5.64. The summed E-state index contributed by atoms with van der Waals surface area (Å²) in [6.45, 7) is 0. The summed E-state index contributed by atoms with van der Waals surface area (Å²) < 4.78 is 3.45. The van der Waals surface area contributed by atoms with Crippen LogP contribution in [0.25, 0.3) is 17.0 Å². The number of para-hydroxylation sites is 2. The Kier molecular flexibility index (Phi) is 2.71. The van der Waals surface area contributed by atoms with Crippen molar-refractivity contribution in [2.75, 3.05) is 0 Å². The van der Waals surface area contributed by atoms with E-state index in [0.717, 1.165) is 16.9 Å². The Hall–Kier alpha value is -2.35. The van der Waals surface area contributed by atoms with E-state index in [9.17, 15) is 0 Å². The molecule has 0 radical (unpaired) electrons. The van der Waals surface area contributed by atoms with Gasteiger partial charge in [0.1, 0.15) is 5.82 Å². The summed E-state index contributed by atoms with van der Waals surface area (Å²) in [6, 6.07) is 7.76. The Balaban J connectivity index is 2.30. The number of hydrogen-bond acceptors (Lipinski definition) is 5. The van der Waals surface area contributed by atoms with Crippen molar-refractivity contribution in [2.45, 2.75) is 6.42 Å². The van der Waals surface area contributed by atoms with Crippen LogP contribution < -0.4 is 5.73 Å². The van der Waals surface area contributed by atoms with E-state index >= 15 is 0 Å². The summed E-state index contributed by atoms with van der Waals surface area (Å²) in [4.78, 5) is 4.92. The highest BCUT2D eigenvalue weighted by Gasteiger charge is 2.16. The van der Waals surface area contributed by atoms with Crippen LogP contribution in [0, 0.1) is 0 Å². The second-order valence-electron chi connectivity index (χ2n) is 4.10. The van der Waals surface area contributed by atoms with Crippen molar-refractivity contribution in [3.8, 4) is 5.95 Å². The molecule has 2 N–H and O–H groups in total. The average molecular weight is 273 g/mol. The van der Waals surface area contributed by atoms with E-state index in [0.29, 0.717) is 17.4 Å². The van der Waals surface area contributed by atoms with Crippen LogP contribution in [0.1, 0.15) is 5.82 Å². The molecule has 0 aliphatic heterocycles. The Morgan fingerprint density at radius 1 is 1.37 bits per heavy atom. The summed E-state index contributed by atoms with van der Waals surface area (Å²) in [7, 11) is 1.77. The zero-order chi connectivity index (χ0) is 13.4. The first kappa shape index (κ1) is 11.7. The van der Waals surface area contributed by atoms with E-state index < -0.39 is 0 Å². The minimum absolute atomic E-state index is 0.381. The summed E-state index contributed by atoms with van der Waals surface area (Å²) in [5.74, 6) is 1.31. The van der Waals surface area contributed by atoms with Gasteiger partial charge in [-0.2, -0.15) is 0 Å². The summed E-state index contributed by atoms with van der Waals surface area (Å²) in [5, 5.41) is 11.5. The highest BCUT2D eigenvalue weighted by Crippen LogP contribution is 2.19. The Morgan fingerprint density at radius 3 is 2.84 bits per heavy atom. The molecule has 0 spiro atoms. The van der Waals surface area contributed by atoms with Gasteiger partial charge in [-0.25, -0.2) is 9.67 Å². The SMILES string of the molecule is Cn1nnnc1-n1c(CC(N)=S)nc2ccccc21. The van der Waals surface area contributed by atoms with Crippen molar-refractivity contribution < 1.29 is 0 Å². The van der Waals surface area contributed by atoms with Crippen molar-refractivity contribution >= 4 is 28.2 Å². The van der Waals surface area contributed by atoms with Gasteiger partial charge < -0.3 is 5.73 Å². The summed E-state index contributed by atoms with van der Waals surface area (Å²) in [5.41, 5.74) is 7.41. The van der Waals surface area contributed by atoms with Gasteiger partial charge in [0.25, 0.3) is 5.95 Å². The molecule has 0 amide bonds. The number of thiocarbonyl (C=S) groups is 1. The van der Waals surface area contributed by atoms with Gasteiger partial charge in [0.2, 0.25) is 0 Å².